The predicted octanol–water partition coefficient (Wildman–Crippen LogP) is 8.89. The van der Waals surface area contributed by atoms with Gasteiger partial charge in [0.1, 0.15) is 5.58 Å². The van der Waals surface area contributed by atoms with Crippen molar-refractivity contribution in [2.45, 2.75) is 105 Å². The Morgan fingerprint density at radius 3 is 2.30 bits per heavy atom. The van der Waals surface area contributed by atoms with E-state index in [4.69, 9.17) is 4.42 Å². The molecule has 1 aromatic heterocycles. The molecule has 239 valence electrons. The molecule has 2 aliphatic carbocycles. The summed E-state index contributed by atoms with van der Waals surface area (Å²) < 4.78 is 6.07. The Balaban J connectivity index is 0.000000194. The van der Waals surface area contributed by atoms with E-state index >= 15 is 0 Å². The van der Waals surface area contributed by atoms with E-state index in [0.717, 1.165) is 72.7 Å². The molecule has 2 saturated carbocycles. The van der Waals surface area contributed by atoms with E-state index < -0.39 is 0 Å². The van der Waals surface area contributed by atoms with Crippen molar-refractivity contribution in [2.75, 3.05) is 11.4 Å². The molecule has 6 rings (SSSR count). The summed E-state index contributed by atoms with van der Waals surface area (Å²) in [6.07, 6.45) is 12.3. The summed E-state index contributed by atoms with van der Waals surface area (Å²) >= 11 is 0. The zero-order valence-electron chi connectivity index (χ0n) is 27.0. The van der Waals surface area contributed by atoms with Crippen LogP contribution in [-0.2, 0) is 20.1 Å². The molecule has 2 aromatic carbocycles. The maximum absolute atomic E-state index is 11.1. The molecule has 2 N–H and O–H groups in total. The van der Waals surface area contributed by atoms with Gasteiger partial charge in [-0.2, -0.15) is 24.9 Å². The number of aliphatic hydroxyl groups is 2. The van der Waals surface area contributed by atoms with Gasteiger partial charge < -0.3 is 24.4 Å². The minimum atomic E-state index is -0.319. The Morgan fingerprint density at radius 2 is 1.63 bits per heavy atom. The third-order valence-corrected chi connectivity index (χ3v) is 11.1. The van der Waals surface area contributed by atoms with Gasteiger partial charge in [-0.3, -0.25) is 0 Å². The third kappa shape index (κ3) is 6.32. The van der Waals surface area contributed by atoms with Crippen molar-refractivity contribution in [3.63, 3.8) is 0 Å². The summed E-state index contributed by atoms with van der Waals surface area (Å²) in [6.45, 7) is 16.4. The van der Waals surface area contributed by atoms with Crippen molar-refractivity contribution in [1.82, 2.24) is 4.90 Å². The Bertz CT molecular complexity index is 1360. The van der Waals surface area contributed by atoms with Crippen LogP contribution >= 0.6 is 0 Å². The molecular formula is C37H52IrN2O3-2. The zero-order valence-corrected chi connectivity index (χ0v) is 29.4. The second-order valence-electron chi connectivity index (χ2n) is 13.5. The minimum Gasteiger partial charge on any atom is -0.514 e. The summed E-state index contributed by atoms with van der Waals surface area (Å²) in [7, 11) is 0. The SMILES string of the molecule is CC(C)CN1C=CN(c2[c-]ccc3c2oc2ccccc23)[CH-]1.CCC1(CC)CCCC2CC(CC)(CC)C(O)C2C1O.[Ir]. The molecule has 1 aliphatic heterocycles. The minimum absolute atomic E-state index is 0. The van der Waals surface area contributed by atoms with Gasteiger partial charge in [0.2, 0.25) is 0 Å². The van der Waals surface area contributed by atoms with Crippen molar-refractivity contribution >= 4 is 27.6 Å². The second kappa shape index (κ2) is 14.1. The molecular weight excluding hydrogens is 713 g/mol. The van der Waals surface area contributed by atoms with E-state index in [9.17, 15) is 10.2 Å². The van der Waals surface area contributed by atoms with Gasteiger partial charge in [0.15, 0.2) is 0 Å². The standard InChI is InChI=1S/C19H18N2O.C18H34O2.Ir/c1-14(2)12-20-10-11-21(13-20)17-8-5-7-16-15-6-3-4-9-18(15)22-19(16)17;1-5-17(6-2)11-9-10-13-12-18(7-3,8-4)16(20)14(13)15(17)19;/h3-7,9-11,13-14H,12H2,1-2H3;13-16,19-20H,5-12H2,1-4H3;/q-2;;. The number of hydrogen-bond donors (Lipinski definition) is 2. The number of anilines is 1. The Kier molecular flexibility index (Phi) is 11.1. The van der Waals surface area contributed by atoms with E-state index in [-0.39, 0.29) is 49.1 Å². The fraction of sp³-hybridized carbons (Fsp3) is 0.595. The molecule has 3 aromatic rings. The molecule has 3 aliphatic rings. The van der Waals surface area contributed by atoms with Crippen molar-refractivity contribution in [2.24, 2.45) is 28.6 Å². The molecule has 1 radical (unpaired) electrons. The number of nitrogens with zero attached hydrogens (tertiary/aromatic N) is 2. The maximum Gasteiger partial charge on any atom is 0.116 e. The zero-order chi connectivity index (χ0) is 30.1. The summed E-state index contributed by atoms with van der Waals surface area (Å²) in [6, 6.07) is 15.5. The third-order valence-electron chi connectivity index (χ3n) is 11.1. The van der Waals surface area contributed by atoms with Crippen LogP contribution in [0.2, 0.25) is 0 Å². The van der Waals surface area contributed by atoms with E-state index in [1.54, 1.807) is 0 Å². The van der Waals surface area contributed by atoms with Gasteiger partial charge in [-0.15, -0.1) is 0 Å². The average molecular weight is 765 g/mol. The molecule has 6 heteroatoms. The quantitative estimate of drug-likeness (QED) is 0.236. The molecule has 2 fully saturated rings. The molecule has 0 amide bonds. The smallest absolute Gasteiger partial charge is 0.116 e. The molecule has 0 bridgehead atoms. The van der Waals surface area contributed by atoms with Crippen molar-refractivity contribution in [3.05, 3.63) is 61.5 Å². The van der Waals surface area contributed by atoms with Crippen LogP contribution in [0.25, 0.3) is 21.9 Å². The van der Waals surface area contributed by atoms with Gasteiger partial charge in [-0.05, 0) is 92.6 Å². The Morgan fingerprint density at radius 1 is 0.953 bits per heavy atom. The first-order valence-corrected chi connectivity index (χ1v) is 16.5. The molecule has 4 atom stereocenters. The first-order chi connectivity index (χ1) is 20.2. The van der Waals surface area contributed by atoms with E-state index in [1.165, 1.54) is 12.8 Å². The molecule has 5 nitrogen and oxygen atoms in total. The van der Waals surface area contributed by atoms with Crippen LogP contribution in [0.15, 0.2) is 53.2 Å². The number of fused-ring (bicyclic) bond motifs is 4. The molecule has 0 spiro atoms. The van der Waals surface area contributed by atoms with Crippen molar-refractivity contribution in [1.29, 1.82) is 0 Å². The van der Waals surface area contributed by atoms with Crippen LogP contribution in [0.4, 0.5) is 5.69 Å². The normalized spacial score (nSPS) is 25.9. The van der Waals surface area contributed by atoms with Gasteiger partial charge in [0.25, 0.3) is 0 Å². The first kappa shape index (κ1) is 34.0. The largest absolute Gasteiger partial charge is 0.514 e. The van der Waals surface area contributed by atoms with Gasteiger partial charge in [-0.1, -0.05) is 77.2 Å². The molecule has 0 saturated heterocycles. The van der Waals surface area contributed by atoms with Crippen LogP contribution in [0.3, 0.4) is 0 Å². The summed E-state index contributed by atoms with van der Waals surface area (Å²) in [5, 5.41) is 24.4. The number of hydrogen-bond acceptors (Lipinski definition) is 5. The summed E-state index contributed by atoms with van der Waals surface area (Å²) in [4.78, 5) is 4.27. The van der Waals surface area contributed by atoms with E-state index in [1.807, 2.05) is 24.3 Å². The Hall–Kier alpha value is -1.85. The molecule has 43 heavy (non-hydrogen) atoms. The van der Waals surface area contributed by atoms with E-state index in [2.05, 4.69) is 88.6 Å². The van der Waals surface area contributed by atoms with Crippen LogP contribution in [0.5, 0.6) is 0 Å². The number of para-hydroxylation sites is 1. The first-order valence-electron chi connectivity index (χ1n) is 16.5. The number of furan rings is 1. The second-order valence-corrected chi connectivity index (χ2v) is 13.5. The van der Waals surface area contributed by atoms with Crippen LogP contribution in [-0.4, -0.2) is 33.9 Å². The summed E-state index contributed by atoms with van der Waals surface area (Å²) in [5.41, 5.74) is 2.85. The average Bonchev–Trinajstić information content (AvgIpc) is 3.66. The van der Waals surface area contributed by atoms with Crippen LogP contribution in [0, 0.1) is 41.3 Å². The fourth-order valence-electron chi connectivity index (χ4n) is 8.35. The van der Waals surface area contributed by atoms with Crippen molar-refractivity contribution in [3.8, 4) is 0 Å². The van der Waals surface area contributed by atoms with Gasteiger partial charge >= 0.3 is 0 Å². The maximum atomic E-state index is 11.1. The van der Waals surface area contributed by atoms with Gasteiger partial charge in [0, 0.05) is 37.0 Å². The predicted molar refractivity (Wildman–Crippen MR) is 174 cm³/mol. The van der Waals surface area contributed by atoms with E-state index in [0.29, 0.717) is 11.8 Å². The molecule has 2 heterocycles. The number of benzene rings is 2. The Labute approximate surface area is 273 Å². The van der Waals surface area contributed by atoms with Gasteiger partial charge in [-0.25, -0.2) is 0 Å². The van der Waals surface area contributed by atoms with Crippen LogP contribution < -0.4 is 4.90 Å². The monoisotopic (exact) mass is 765 g/mol. The topological polar surface area (TPSA) is 60.1 Å². The van der Waals surface area contributed by atoms with Gasteiger partial charge in [0.05, 0.1) is 12.2 Å². The number of aliphatic hydroxyl groups excluding tert-OH is 2. The van der Waals surface area contributed by atoms with Crippen molar-refractivity contribution < 1.29 is 34.7 Å². The van der Waals surface area contributed by atoms with Crippen LogP contribution in [0.1, 0.15) is 92.9 Å². The number of rotatable bonds is 7. The molecule has 4 unspecified atom stereocenters. The fourth-order valence-corrected chi connectivity index (χ4v) is 8.35. The summed E-state index contributed by atoms with van der Waals surface area (Å²) in [5.74, 6) is 1.25.